The van der Waals surface area contributed by atoms with E-state index in [-0.39, 0.29) is 17.9 Å². The molecule has 0 bridgehead atoms. The maximum absolute atomic E-state index is 14.3. The second-order valence-corrected chi connectivity index (χ2v) is 14.6. The molecule has 4 aliphatic carbocycles. The van der Waals surface area contributed by atoms with Gasteiger partial charge in [-0.15, -0.1) is 5.10 Å². The van der Waals surface area contributed by atoms with Crippen LogP contribution in [0.4, 0.5) is 0 Å². The minimum Gasteiger partial charge on any atom is -0.497 e. The summed E-state index contributed by atoms with van der Waals surface area (Å²) in [7, 11) is 1.66. The molecule has 6 nitrogen and oxygen atoms in total. The summed E-state index contributed by atoms with van der Waals surface area (Å²) in [5.41, 5.74) is 1.54. The molecule has 2 aromatic rings. The van der Waals surface area contributed by atoms with Crippen LogP contribution in [0.2, 0.25) is 0 Å². The monoisotopic (exact) mass is 521 g/mol. The van der Waals surface area contributed by atoms with Crippen molar-refractivity contribution in [2.24, 2.45) is 52.3 Å². The van der Waals surface area contributed by atoms with Crippen LogP contribution in [0.25, 0.3) is 11.0 Å². The van der Waals surface area contributed by atoms with E-state index in [1.165, 1.54) is 25.7 Å². The van der Waals surface area contributed by atoms with Gasteiger partial charge in [-0.2, -0.15) is 0 Å². The summed E-state index contributed by atoms with van der Waals surface area (Å²) in [6, 6.07) is 5.74. The largest absolute Gasteiger partial charge is 0.497 e. The van der Waals surface area contributed by atoms with Gasteiger partial charge in [0, 0.05) is 12.0 Å². The Morgan fingerprint density at radius 1 is 1.11 bits per heavy atom. The smallest absolute Gasteiger partial charge is 0.158 e. The molecule has 0 radical (unpaired) electrons. The van der Waals surface area contributed by atoms with Crippen molar-refractivity contribution < 1.29 is 14.6 Å². The van der Waals surface area contributed by atoms with Gasteiger partial charge in [-0.3, -0.25) is 4.79 Å². The van der Waals surface area contributed by atoms with Crippen LogP contribution in [0.15, 0.2) is 18.2 Å². The molecule has 4 fully saturated rings. The molecule has 1 aromatic heterocycles. The predicted octanol–water partition coefficient (Wildman–Crippen LogP) is 6.30. The van der Waals surface area contributed by atoms with Crippen molar-refractivity contribution in [3.05, 3.63) is 18.2 Å². The first kappa shape index (κ1) is 26.3. The number of methoxy groups -OCH3 is 1. The fourth-order valence-electron chi connectivity index (χ4n) is 10.2. The zero-order chi connectivity index (χ0) is 27.0. The summed E-state index contributed by atoms with van der Waals surface area (Å²) >= 11 is 0. The normalized spacial score (nSPS) is 42.5. The number of nitrogens with zero attached hydrogens (tertiary/aromatic N) is 3. The molecule has 38 heavy (non-hydrogen) atoms. The lowest BCUT2D eigenvalue weighted by molar-refractivity contribution is -0.151. The van der Waals surface area contributed by atoms with Crippen molar-refractivity contribution in [2.45, 2.75) is 98.1 Å². The summed E-state index contributed by atoms with van der Waals surface area (Å²) in [6.45, 7) is 12.0. The number of carbonyl (C=O) groups excluding carboxylic acids is 1. The third-order valence-electron chi connectivity index (χ3n) is 12.3. The van der Waals surface area contributed by atoms with Crippen molar-refractivity contribution in [1.82, 2.24) is 15.0 Å². The number of ketones is 1. The van der Waals surface area contributed by atoms with Crippen LogP contribution in [0.1, 0.15) is 86.0 Å². The van der Waals surface area contributed by atoms with Gasteiger partial charge >= 0.3 is 0 Å². The van der Waals surface area contributed by atoms with E-state index in [2.05, 4.69) is 38.0 Å². The number of rotatable bonds is 5. The Morgan fingerprint density at radius 3 is 2.63 bits per heavy atom. The standard InChI is InChI=1S/C32H47N3O3/c1-19(2)23-16-25-22-9-7-20-17-30(3,37)13-14-31(20,4)24(22)11-12-32(25,5)29(23)28(36)18-35-27-15-21(38-6)8-10-26(27)33-34-35/h8,10,15,19-20,22-25,29,37H,7,9,11-14,16-18H2,1-6H3/t20-,22+,23-,24-,25-,29?,30+,31-,32-/m0/s1. The molecular weight excluding hydrogens is 474 g/mol. The number of benzene rings is 1. The molecule has 9 atom stereocenters. The molecule has 0 spiro atoms. The predicted molar refractivity (Wildman–Crippen MR) is 149 cm³/mol. The lowest BCUT2D eigenvalue weighted by Gasteiger charge is -2.61. The zero-order valence-electron chi connectivity index (χ0n) is 24.2. The van der Waals surface area contributed by atoms with Gasteiger partial charge in [0.25, 0.3) is 0 Å². The molecule has 0 saturated heterocycles. The van der Waals surface area contributed by atoms with E-state index in [0.717, 1.165) is 48.4 Å². The van der Waals surface area contributed by atoms with Gasteiger partial charge in [-0.1, -0.05) is 32.9 Å². The van der Waals surface area contributed by atoms with Crippen LogP contribution >= 0.6 is 0 Å². The average Bonchev–Trinajstić information content (AvgIpc) is 3.42. The number of Topliss-reactive ketones (excluding diaryl/α,β-unsaturated/α-hetero) is 1. The van der Waals surface area contributed by atoms with Crippen molar-refractivity contribution in [3.63, 3.8) is 0 Å². The van der Waals surface area contributed by atoms with Gasteiger partial charge < -0.3 is 9.84 Å². The SMILES string of the molecule is COc1ccc2nnn(CC(=O)C3[C@H](C(C)C)C[C@H]4[C@@H]5CC[C@H]6C[C@](C)(O)CC[C@]6(C)[C@H]5CC[C@]34C)c2c1. The van der Waals surface area contributed by atoms with E-state index in [1.807, 2.05) is 25.1 Å². The number of fused-ring (bicyclic) bond motifs is 6. The van der Waals surface area contributed by atoms with Crippen LogP contribution < -0.4 is 4.74 Å². The number of ether oxygens (including phenoxy) is 1. The summed E-state index contributed by atoms with van der Waals surface area (Å²) in [4.78, 5) is 14.3. The average molecular weight is 522 g/mol. The number of carbonyl (C=O) groups is 1. The Kier molecular flexibility index (Phi) is 6.25. The lowest BCUT2D eigenvalue weighted by atomic mass is 9.44. The van der Waals surface area contributed by atoms with Crippen LogP contribution in [-0.2, 0) is 11.3 Å². The van der Waals surface area contributed by atoms with E-state index in [4.69, 9.17) is 4.74 Å². The second-order valence-electron chi connectivity index (χ2n) is 14.6. The molecule has 1 N–H and O–H groups in total. The first-order valence-corrected chi connectivity index (χ1v) is 15.1. The molecule has 1 heterocycles. The minimum absolute atomic E-state index is 0.0462. The van der Waals surface area contributed by atoms with Gasteiger partial charge in [0.2, 0.25) is 0 Å². The maximum Gasteiger partial charge on any atom is 0.158 e. The van der Waals surface area contributed by atoms with Crippen molar-refractivity contribution in [1.29, 1.82) is 0 Å². The van der Waals surface area contributed by atoms with Gasteiger partial charge in [0.1, 0.15) is 17.8 Å². The molecule has 1 aromatic carbocycles. The topological polar surface area (TPSA) is 77.2 Å². The number of hydrogen-bond acceptors (Lipinski definition) is 5. The fraction of sp³-hybridized carbons (Fsp3) is 0.781. The molecule has 208 valence electrons. The summed E-state index contributed by atoms with van der Waals surface area (Å²) in [5, 5.41) is 19.6. The maximum atomic E-state index is 14.3. The van der Waals surface area contributed by atoms with Gasteiger partial charge in [-0.05, 0) is 117 Å². The number of aliphatic hydroxyl groups is 1. The Balaban J connectivity index is 1.29. The van der Waals surface area contributed by atoms with Crippen LogP contribution in [0.3, 0.4) is 0 Å². The highest BCUT2D eigenvalue weighted by molar-refractivity contribution is 5.84. The minimum atomic E-state index is -0.497. The van der Waals surface area contributed by atoms with E-state index >= 15 is 0 Å². The molecule has 4 aliphatic rings. The Hall–Kier alpha value is -1.95. The van der Waals surface area contributed by atoms with Crippen LogP contribution in [-0.4, -0.2) is 38.6 Å². The van der Waals surface area contributed by atoms with Crippen LogP contribution in [0, 0.1) is 52.3 Å². The zero-order valence-corrected chi connectivity index (χ0v) is 24.2. The van der Waals surface area contributed by atoms with E-state index in [1.54, 1.807) is 11.8 Å². The van der Waals surface area contributed by atoms with E-state index in [9.17, 15) is 9.90 Å². The van der Waals surface area contributed by atoms with Crippen molar-refractivity contribution in [3.8, 4) is 5.75 Å². The first-order valence-electron chi connectivity index (χ1n) is 15.1. The van der Waals surface area contributed by atoms with Gasteiger partial charge in [0.15, 0.2) is 5.78 Å². The van der Waals surface area contributed by atoms with Crippen LogP contribution in [0.5, 0.6) is 5.75 Å². The Morgan fingerprint density at radius 2 is 1.89 bits per heavy atom. The third kappa shape index (κ3) is 3.95. The molecule has 0 aliphatic heterocycles. The summed E-state index contributed by atoms with van der Waals surface area (Å²) in [6.07, 6.45) is 9.08. The molecule has 0 amide bonds. The Bertz CT molecular complexity index is 1220. The molecule has 1 unspecified atom stereocenters. The van der Waals surface area contributed by atoms with Crippen molar-refractivity contribution >= 4 is 16.8 Å². The molecular formula is C32H47N3O3. The molecule has 6 rings (SSSR count). The van der Waals surface area contributed by atoms with E-state index in [0.29, 0.717) is 40.8 Å². The van der Waals surface area contributed by atoms with Crippen molar-refractivity contribution in [2.75, 3.05) is 7.11 Å². The molecule has 4 saturated carbocycles. The van der Waals surface area contributed by atoms with Gasteiger partial charge in [0.05, 0.1) is 18.2 Å². The highest BCUT2D eigenvalue weighted by Gasteiger charge is 2.64. The number of aromatic nitrogens is 3. The lowest BCUT2D eigenvalue weighted by Crippen LogP contribution is -2.55. The Labute approximate surface area is 227 Å². The summed E-state index contributed by atoms with van der Waals surface area (Å²) in [5.74, 6) is 4.72. The summed E-state index contributed by atoms with van der Waals surface area (Å²) < 4.78 is 7.22. The fourth-order valence-corrected chi connectivity index (χ4v) is 10.2. The second kappa shape index (κ2) is 9.04. The quantitative estimate of drug-likeness (QED) is 0.500. The number of hydrogen-bond donors (Lipinski definition) is 1. The third-order valence-corrected chi connectivity index (χ3v) is 12.3. The molecule has 6 heteroatoms. The van der Waals surface area contributed by atoms with Gasteiger partial charge in [-0.25, -0.2) is 4.68 Å². The highest BCUT2D eigenvalue weighted by atomic mass is 16.5. The highest BCUT2D eigenvalue weighted by Crippen LogP contribution is 2.69. The first-order chi connectivity index (χ1) is 18.0. The van der Waals surface area contributed by atoms with E-state index < -0.39 is 5.60 Å².